The van der Waals surface area contributed by atoms with Crippen LogP contribution in [0.15, 0.2) is 0 Å². The van der Waals surface area contributed by atoms with Gasteiger partial charge in [0.2, 0.25) is 0 Å². The Kier molecular flexibility index (Phi) is 4.39. The molecule has 0 heterocycles. The summed E-state index contributed by atoms with van der Waals surface area (Å²) in [6.45, 7) is 2.58. The van der Waals surface area contributed by atoms with Gasteiger partial charge in [-0.3, -0.25) is 0 Å². The van der Waals surface area contributed by atoms with E-state index in [0.717, 1.165) is 0 Å². The Morgan fingerprint density at radius 1 is 1.38 bits per heavy atom. The van der Waals surface area contributed by atoms with Crippen molar-refractivity contribution in [3.05, 3.63) is 0 Å². The fourth-order valence-corrected chi connectivity index (χ4v) is 0. The molecule has 0 aromatic carbocycles. The SMILES string of the molecule is CC(C)(N)C(F)F.Cl. The Morgan fingerprint density at radius 2 is 1.50 bits per heavy atom. The maximum atomic E-state index is 11.4. The van der Waals surface area contributed by atoms with Gasteiger partial charge >= 0.3 is 0 Å². The first-order valence-electron chi connectivity index (χ1n) is 2.01. The molecule has 1 nitrogen and oxygen atoms in total. The van der Waals surface area contributed by atoms with Gasteiger partial charge in [0.05, 0.1) is 5.54 Å². The highest BCUT2D eigenvalue weighted by Crippen LogP contribution is 2.08. The first-order chi connectivity index (χ1) is 2.94. The maximum absolute atomic E-state index is 11.4. The zero-order chi connectivity index (χ0) is 6.08. The lowest BCUT2D eigenvalue weighted by molar-refractivity contribution is 0.0740. The van der Waals surface area contributed by atoms with E-state index in [1.807, 2.05) is 0 Å². The van der Waals surface area contributed by atoms with Gasteiger partial charge < -0.3 is 5.73 Å². The van der Waals surface area contributed by atoms with Crippen molar-refractivity contribution in [2.24, 2.45) is 5.73 Å². The molecule has 0 aliphatic rings. The molecule has 0 aliphatic carbocycles. The maximum Gasteiger partial charge on any atom is 0.255 e. The minimum absolute atomic E-state index is 0. The fourth-order valence-electron chi connectivity index (χ4n) is 0. The van der Waals surface area contributed by atoms with Crippen LogP contribution in [0.5, 0.6) is 0 Å². The molecule has 0 aromatic heterocycles. The van der Waals surface area contributed by atoms with Gasteiger partial charge in [0, 0.05) is 0 Å². The molecule has 0 saturated carbocycles. The van der Waals surface area contributed by atoms with Crippen LogP contribution in [0.25, 0.3) is 0 Å². The Balaban J connectivity index is 0. The molecule has 0 aromatic rings. The van der Waals surface area contributed by atoms with Crippen LogP contribution in [-0.4, -0.2) is 12.0 Å². The predicted octanol–water partition coefficient (Wildman–Crippen LogP) is 1.41. The molecule has 0 bridgehead atoms. The second-order valence-electron chi connectivity index (χ2n) is 2.12. The average molecular weight is 146 g/mol. The van der Waals surface area contributed by atoms with E-state index in [1.54, 1.807) is 0 Å². The minimum atomic E-state index is -2.42. The molecule has 8 heavy (non-hydrogen) atoms. The number of halogens is 3. The molecule has 0 aliphatic heterocycles. The van der Waals surface area contributed by atoms with Gasteiger partial charge in [-0.25, -0.2) is 8.78 Å². The van der Waals surface area contributed by atoms with Crippen molar-refractivity contribution in [1.29, 1.82) is 0 Å². The molecule has 4 heteroatoms. The van der Waals surface area contributed by atoms with Crippen molar-refractivity contribution in [2.45, 2.75) is 25.8 Å². The lowest BCUT2D eigenvalue weighted by atomic mass is 10.1. The zero-order valence-electron chi connectivity index (χ0n) is 4.82. The molecule has 52 valence electrons. The second kappa shape index (κ2) is 3.20. The highest BCUT2D eigenvalue weighted by molar-refractivity contribution is 5.85. The van der Waals surface area contributed by atoms with Gasteiger partial charge in [-0.1, -0.05) is 0 Å². The van der Waals surface area contributed by atoms with E-state index in [0.29, 0.717) is 0 Å². The van der Waals surface area contributed by atoms with Crippen molar-refractivity contribution in [2.75, 3.05) is 0 Å². The molecule has 0 radical (unpaired) electrons. The molecular formula is C4H10ClF2N. The molecule has 0 fully saturated rings. The molecule has 0 spiro atoms. The molecular weight excluding hydrogens is 136 g/mol. The Labute approximate surface area is 53.7 Å². The molecule has 0 atom stereocenters. The lowest BCUT2D eigenvalue weighted by Gasteiger charge is -2.15. The summed E-state index contributed by atoms with van der Waals surface area (Å²) < 4.78 is 22.8. The van der Waals surface area contributed by atoms with E-state index in [9.17, 15) is 8.78 Å². The quantitative estimate of drug-likeness (QED) is 0.593. The van der Waals surface area contributed by atoms with E-state index in [-0.39, 0.29) is 12.4 Å². The van der Waals surface area contributed by atoms with Crippen molar-refractivity contribution < 1.29 is 8.78 Å². The van der Waals surface area contributed by atoms with E-state index in [1.165, 1.54) is 13.8 Å². The van der Waals surface area contributed by atoms with Gasteiger partial charge in [0.1, 0.15) is 0 Å². The standard InChI is InChI=1S/C4H9F2N.ClH/c1-4(2,7)3(5)6;/h3H,7H2,1-2H3;1H. The van der Waals surface area contributed by atoms with Crippen molar-refractivity contribution >= 4 is 12.4 Å². The number of alkyl halides is 2. The number of hydrogen-bond acceptors (Lipinski definition) is 1. The molecule has 0 amide bonds. The minimum Gasteiger partial charge on any atom is -0.321 e. The zero-order valence-corrected chi connectivity index (χ0v) is 5.64. The summed E-state index contributed by atoms with van der Waals surface area (Å²) in [5.74, 6) is 0. The molecule has 0 unspecified atom stereocenters. The van der Waals surface area contributed by atoms with E-state index >= 15 is 0 Å². The Hall–Kier alpha value is 0.110. The number of nitrogens with two attached hydrogens (primary N) is 1. The predicted molar refractivity (Wildman–Crippen MR) is 31.5 cm³/mol. The smallest absolute Gasteiger partial charge is 0.255 e. The van der Waals surface area contributed by atoms with Crippen LogP contribution in [0.2, 0.25) is 0 Å². The van der Waals surface area contributed by atoms with Crippen LogP contribution < -0.4 is 5.73 Å². The van der Waals surface area contributed by atoms with Crippen LogP contribution >= 0.6 is 12.4 Å². The van der Waals surface area contributed by atoms with Crippen LogP contribution in [0.3, 0.4) is 0 Å². The summed E-state index contributed by atoms with van der Waals surface area (Å²) >= 11 is 0. The van der Waals surface area contributed by atoms with E-state index in [4.69, 9.17) is 5.73 Å². The Morgan fingerprint density at radius 3 is 1.50 bits per heavy atom. The highest BCUT2D eigenvalue weighted by atomic mass is 35.5. The van der Waals surface area contributed by atoms with Crippen LogP contribution in [0.4, 0.5) is 8.78 Å². The molecule has 0 rings (SSSR count). The summed E-state index contributed by atoms with van der Waals surface area (Å²) in [6.07, 6.45) is -2.42. The van der Waals surface area contributed by atoms with Crippen molar-refractivity contribution in [3.8, 4) is 0 Å². The third kappa shape index (κ3) is 4.27. The van der Waals surface area contributed by atoms with Gasteiger partial charge in [-0.2, -0.15) is 0 Å². The van der Waals surface area contributed by atoms with Crippen LogP contribution in [-0.2, 0) is 0 Å². The monoisotopic (exact) mass is 145 g/mol. The molecule has 2 N–H and O–H groups in total. The summed E-state index contributed by atoms with van der Waals surface area (Å²) in [4.78, 5) is 0. The molecule has 0 saturated heterocycles. The van der Waals surface area contributed by atoms with Gasteiger partial charge in [-0.05, 0) is 13.8 Å². The van der Waals surface area contributed by atoms with Crippen LogP contribution in [0.1, 0.15) is 13.8 Å². The third-order valence-electron chi connectivity index (χ3n) is 0.562. The largest absolute Gasteiger partial charge is 0.321 e. The van der Waals surface area contributed by atoms with Gasteiger partial charge in [0.15, 0.2) is 0 Å². The summed E-state index contributed by atoms with van der Waals surface area (Å²) in [5.41, 5.74) is 3.59. The summed E-state index contributed by atoms with van der Waals surface area (Å²) in [6, 6.07) is 0. The first-order valence-corrected chi connectivity index (χ1v) is 2.01. The first kappa shape index (κ1) is 11.0. The van der Waals surface area contributed by atoms with Crippen molar-refractivity contribution in [1.82, 2.24) is 0 Å². The summed E-state index contributed by atoms with van der Waals surface area (Å²) in [7, 11) is 0. The van der Waals surface area contributed by atoms with E-state index in [2.05, 4.69) is 0 Å². The van der Waals surface area contributed by atoms with E-state index < -0.39 is 12.0 Å². The topological polar surface area (TPSA) is 26.0 Å². The number of rotatable bonds is 1. The number of hydrogen-bond donors (Lipinski definition) is 1. The normalized spacial score (nSPS) is 11.2. The van der Waals surface area contributed by atoms with Crippen molar-refractivity contribution in [3.63, 3.8) is 0 Å². The highest BCUT2D eigenvalue weighted by Gasteiger charge is 2.22. The fraction of sp³-hybridized carbons (Fsp3) is 1.00. The third-order valence-corrected chi connectivity index (χ3v) is 0.562. The second-order valence-corrected chi connectivity index (χ2v) is 2.12. The Bertz CT molecular complexity index is 59.5. The average Bonchev–Trinajstić information content (AvgIpc) is 1.31. The van der Waals surface area contributed by atoms with Gasteiger partial charge in [-0.15, -0.1) is 12.4 Å². The summed E-state index contributed by atoms with van der Waals surface area (Å²) in [5, 5.41) is 0. The van der Waals surface area contributed by atoms with Gasteiger partial charge in [0.25, 0.3) is 6.43 Å². The van der Waals surface area contributed by atoms with Crippen LogP contribution in [0, 0.1) is 0 Å². The lowest BCUT2D eigenvalue weighted by Crippen LogP contribution is -2.39.